The van der Waals surface area contributed by atoms with Gasteiger partial charge < -0.3 is 10.1 Å². The van der Waals surface area contributed by atoms with Crippen LogP contribution in [0.3, 0.4) is 0 Å². The van der Waals surface area contributed by atoms with Crippen molar-refractivity contribution in [3.05, 3.63) is 15.6 Å². The lowest BCUT2D eigenvalue weighted by molar-refractivity contribution is 0.0701. The molecule has 84 valence electrons. The number of nitrogens with one attached hydrogen (secondary N) is 1. The summed E-state index contributed by atoms with van der Waals surface area (Å²) in [6, 6.07) is 0. The fourth-order valence-corrected chi connectivity index (χ4v) is 1.64. The molecule has 1 aromatic heterocycles. The monoisotopic (exact) mass is 321 g/mol. The van der Waals surface area contributed by atoms with Crippen LogP contribution in [0.1, 0.15) is 32.7 Å². The van der Waals surface area contributed by atoms with Crippen LogP contribution in [0.15, 0.2) is 6.20 Å². The maximum Gasteiger partial charge on any atom is 0.159 e. The molecule has 5 heteroatoms. The molecule has 0 bridgehead atoms. The van der Waals surface area contributed by atoms with E-state index in [1.165, 1.54) is 0 Å². The zero-order valence-corrected chi connectivity index (χ0v) is 11.4. The summed E-state index contributed by atoms with van der Waals surface area (Å²) < 4.78 is 6.48. The van der Waals surface area contributed by atoms with Gasteiger partial charge in [0, 0.05) is 19.3 Å². The largest absolute Gasteiger partial charge is 0.371 e. The molecule has 1 N–H and O–H groups in total. The zero-order chi connectivity index (χ0) is 11.3. The topological polar surface area (TPSA) is 47.0 Å². The van der Waals surface area contributed by atoms with E-state index in [4.69, 9.17) is 4.74 Å². The molecule has 0 aliphatic rings. The number of halogens is 1. The molecule has 0 aliphatic heterocycles. The van der Waals surface area contributed by atoms with E-state index in [2.05, 4.69) is 37.9 Å². The van der Waals surface area contributed by atoms with Crippen molar-refractivity contribution in [3.8, 4) is 0 Å². The first-order valence-electron chi connectivity index (χ1n) is 5.06. The van der Waals surface area contributed by atoms with Crippen LogP contribution in [0, 0.1) is 3.57 Å². The first-order chi connectivity index (χ1) is 7.19. The first-order valence-corrected chi connectivity index (χ1v) is 6.14. The Kier molecular flexibility index (Phi) is 5.24. The highest BCUT2D eigenvalue weighted by Crippen LogP contribution is 2.18. The van der Waals surface area contributed by atoms with Gasteiger partial charge in [0.25, 0.3) is 0 Å². The second-order valence-electron chi connectivity index (χ2n) is 3.05. The second-order valence-corrected chi connectivity index (χ2v) is 4.21. The van der Waals surface area contributed by atoms with Gasteiger partial charge in [-0.25, -0.2) is 9.97 Å². The number of hydrogen-bond donors (Lipinski definition) is 1. The van der Waals surface area contributed by atoms with Crippen LogP contribution >= 0.6 is 22.6 Å². The summed E-state index contributed by atoms with van der Waals surface area (Å²) in [7, 11) is 0. The minimum Gasteiger partial charge on any atom is -0.371 e. The molecule has 0 saturated heterocycles. The zero-order valence-electron chi connectivity index (χ0n) is 9.25. The number of aromatic nitrogens is 2. The summed E-state index contributed by atoms with van der Waals surface area (Å²) in [5.41, 5.74) is 0. The molecule has 0 aromatic carbocycles. The van der Waals surface area contributed by atoms with Crippen molar-refractivity contribution in [1.82, 2.24) is 9.97 Å². The molecule has 15 heavy (non-hydrogen) atoms. The van der Waals surface area contributed by atoms with Crippen molar-refractivity contribution in [1.29, 1.82) is 0 Å². The van der Waals surface area contributed by atoms with Gasteiger partial charge in [0.1, 0.15) is 11.9 Å². The molecule has 0 aliphatic carbocycles. The van der Waals surface area contributed by atoms with Crippen molar-refractivity contribution < 1.29 is 4.74 Å². The highest BCUT2D eigenvalue weighted by Gasteiger charge is 2.10. The molecular formula is C10H16IN3O. The number of rotatable bonds is 5. The van der Waals surface area contributed by atoms with Crippen molar-refractivity contribution >= 4 is 28.4 Å². The van der Waals surface area contributed by atoms with E-state index in [9.17, 15) is 0 Å². The minimum absolute atomic E-state index is 0.0515. The number of anilines is 1. The molecular weight excluding hydrogens is 305 g/mol. The predicted molar refractivity (Wildman–Crippen MR) is 69.0 cm³/mol. The summed E-state index contributed by atoms with van der Waals surface area (Å²) in [5, 5.41) is 3.20. The molecule has 0 saturated carbocycles. The summed E-state index contributed by atoms with van der Waals surface area (Å²) >= 11 is 2.22. The van der Waals surface area contributed by atoms with Gasteiger partial charge >= 0.3 is 0 Å². The third-order valence-corrected chi connectivity index (χ3v) is 2.68. The molecule has 1 unspecified atom stereocenters. The fourth-order valence-electron chi connectivity index (χ4n) is 1.19. The van der Waals surface area contributed by atoms with Crippen LogP contribution in [-0.2, 0) is 4.74 Å². The van der Waals surface area contributed by atoms with Gasteiger partial charge in [-0.15, -0.1) is 0 Å². The predicted octanol–water partition coefficient (Wildman–Crippen LogP) is 2.61. The Morgan fingerprint density at radius 3 is 2.87 bits per heavy atom. The Morgan fingerprint density at radius 1 is 1.53 bits per heavy atom. The van der Waals surface area contributed by atoms with E-state index in [1.807, 2.05) is 27.0 Å². The molecule has 0 amide bonds. The highest BCUT2D eigenvalue weighted by molar-refractivity contribution is 14.1. The van der Waals surface area contributed by atoms with Crippen molar-refractivity contribution in [2.24, 2.45) is 0 Å². The number of ether oxygens (including phenoxy) is 1. The molecule has 1 aromatic rings. The van der Waals surface area contributed by atoms with Gasteiger partial charge in [-0.2, -0.15) is 0 Å². The molecule has 0 spiro atoms. The van der Waals surface area contributed by atoms with Crippen LogP contribution in [-0.4, -0.2) is 23.1 Å². The van der Waals surface area contributed by atoms with Gasteiger partial charge in [0.05, 0.1) is 3.57 Å². The van der Waals surface area contributed by atoms with E-state index < -0.39 is 0 Å². The summed E-state index contributed by atoms with van der Waals surface area (Å²) in [4.78, 5) is 8.68. The maximum absolute atomic E-state index is 5.45. The van der Waals surface area contributed by atoms with Crippen LogP contribution < -0.4 is 5.32 Å². The number of hydrogen-bond acceptors (Lipinski definition) is 4. The van der Waals surface area contributed by atoms with Gasteiger partial charge in [-0.1, -0.05) is 0 Å². The lowest BCUT2D eigenvalue weighted by atomic mass is 10.3. The third-order valence-electron chi connectivity index (χ3n) is 1.89. The third kappa shape index (κ3) is 3.57. The fraction of sp³-hybridized carbons (Fsp3) is 0.600. The van der Waals surface area contributed by atoms with Crippen molar-refractivity contribution in [2.75, 3.05) is 18.5 Å². The summed E-state index contributed by atoms with van der Waals surface area (Å²) in [5.74, 6) is 1.61. The molecule has 4 nitrogen and oxygen atoms in total. The van der Waals surface area contributed by atoms with Crippen LogP contribution in [0.5, 0.6) is 0 Å². The first kappa shape index (κ1) is 12.6. The maximum atomic E-state index is 5.45. The average Bonchev–Trinajstić information content (AvgIpc) is 2.22. The molecule has 1 rings (SSSR count). The Balaban J connectivity index is 2.86. The molecule has 1 atom stereocenters. The van der Waals surface area contributed by atoms with Gasteiger partial charge in [-0.3, -0.25) is 0 Å². The van der Waals surface area contributed by atoms with E-state index in [0.29, 0.717) is 6.61 Å². The lowest BCUT2D eigenvalue weighted by Gasteiger charge is -2.12. The Morgan fingerprint density at radius 2 is 2.27 bits per heavy atom. The Bertz CT molecular complexity index is 320. The van der Waals surface area contributed by atoms with E-state index in [1.54, 1.807) is 0 Å². The Labute approximate surface area is 104 Å². The normalized spacial score (nSPS) is 12.5. The summed E-state index contributed by atoms with van der Waals surface area (Å²) in [6.45, 7) is 7.50. The molecule has 0 fully saturated rings. The average molecular weight is 321 g/mol. The minimum atomic E-state index is -0.0515. The van der Waals surface area contributed by atoms with E-state index in [-0.39, 0.29) is 6.10 Å². The van der Waals surface area contributed by atoms with E-state index >= 15 is 0 Å². The van der Waals surface area contributed by atoms with E-state index in [0.717, 1.165) is 21.8 Å². The highest BCUT2D eigenvalue weighted by atomic mass is 127. The summed E-state index contributed by atoms with van der Waals surface area (Å²) in [6.07, 6.45) is 1.76. The van der Waals surface area contributed by atoms with Gasteiger partial charge in [0.2, 0.25) is 0 Å². The van der Waals surface area contributed by atoms with Gasteiger partial charge in [-0.05, 0) is 43.4 Å². The molecule has 0 radical (unpaired) electrons. The van der Waals surface area contributed by atoms with Gasteiger partial charge in [0.15, 0.2) is 5.82 Å². The van der Waals surface area contributed by atoms with Crippen LogP contribution in [0.25, 0.3) is 0 Å². The quantitative estimate of drug-likeness (QED) is 0.847. The second kappa shape index (κ2) is 6.22. The van der Waals surface area contributed by atoms with Crippen molar-refractivity contribution in [2.45, 2.75) is 26.9 Å². The van der Waals surface area contributed by atoms with Crippen LogP contribution in [0.2, 0.25) is 0 Å². The SMILES string of the molecule is CCNc1nc(C(C)OCC)ncc1I. The molecule has 1 heterocycles. The smallest absolute Gasteiger partial charge is 0.159 e. The van der Waals surface area contributed by atoms with Crippen LogP contribution in [0.4, 0.5) is 5.82 Å². The van der Waals surface area contributed by atoms with Crippen molar-refractivity contribution in [3.63, 3.8) is 0 Å². The Hall–Kier alpha value is -0.430. The lowest BCUT2D eigenvalue weighted by Crippen LogP contribution is -2.09. The standard InChI is InChI=1S/C10H16IN3O/c1-4-12-10-8(11)6-13-9(14-10)7(3)15-5-2/h6-7H,4-5H2,1-3H3,(H,12,13,14). The number of nitrogens with zero attached hydrogens (tertiary/aromatic N) is 2.